The van der Waals surface area contributed by atoms with Crippen LogP contribution in [0.3, 0.4) is 0 Å². The highest BCUT2D eigenvalue weighted by atomic mass is 32.1. The smallest absolute Gasteiger partial charge is 0.193 e. The van der Waals surface area contributed by atoms with Crippen molar-refractivity contribution in [2.24, 2.45) is 5.92 Å². The first kappa shape index (κ1) is 12.2. The van der Waals surface area contributed by atoms with Gasteiger partial charge in [-0.15, -0.1) is 11.3 Å². The number of thiazole rings is 1. The maximum Gasteiger partial charge on any atom is 0.193 e. The third-order valence-electron chi connectivity index (χ3n) is 4.12. The zero-order chi connectivity index (χ0) is 12.4. The van der Waals surface area contributed by atoms with Gasteiger partial charge in [0.1, 0.15) is 0 Å². The molecular weight excluding hydrogens is 242 g/mol. The van der Waals surface area contributed by atoms with Gasteiger partial charge >= 0.3 is 0 Å². The van der Waals surface area contributed by atoms with Crippen LogP contribution in [0.4, 0.5) is 0 Å². The van der Waals surface area contributed by atoms with Crippen LogP contribution in [0.25, 0.3) is 4.96 Å². The van der Waals surface area contributed by atoms with Crippen LogP contribution in [-0.2, 0) is 6.54 Å². The molecule has 0 aromatic carbocycles. The minimum Gasteiger partial charge on any atom is -0.308 e. The van der Waals surface area contributed by atoms with Gasteiger partial charge in [-0.3, -0.25) is 4.40 Å². The Bertz CT molecular complexity index is 473. The lowest BCUT2D eigenvalue weighted by atomic mass is 9.83. The third kappa shape index (κ3) is 2.45. The van der Waals surface area contributed by atoms with E-state index < -0.39 is 0 Å². The highest BCUT2D eigenvalue weighted by Gasteiger charge is 2.23. The van der Waals surface area contributed by atoms with Crippen LogP contribution in [0.1, 0.15) is 44.7 Å². The van der Waals surface area contributed by atoms with Gasteiger partial charge < -0.3 is 5.32 Å². The van der Waals surface area contributed by atoms with Gasteiger partial charge in [-0.25, -0.2) is 4.98 Å². The number of nitrogens with zero attached hydrogens (tertiary/aromatic N) is 2. The van der Waals surface area contributed by atoms with E-state index in [1.54, 1.807) is 11.3 Å². The summed E-state index contributed by atoms with van der Waals surface area (Å²) in [5.74, 6) is 0.863. The normalized spacial score (nSPS) is 24.7. The van der Waals surface area contributed by atoms with E-state index in [2.05, 4.69) is 39.4 Å². The van der Waals surface area contributed by atoms with E-state index in [9.17, 15) is 0 Å². The highest BCUT2D eigenvalue weighted by Crippen LogP contribution is 2.27. The summed E-state index contributed by atoms with van der Waals surface area (Å²) in [7, 11) is 0. The molecule has 2 unspecified atom stereocenters. The molecule has 2 aromatic rings. The van der Waals surface area contributed by atoms with Crippen molar-refractivity contribution in [1.82, 2.24) is 14.7 Å². The van der Waals surface area contributed by atoms with Crippen LogP contribution in [0.15, 0.2) is 17.8 Å². The van der Waals surface area contributed by atoms with E-state index in [-0.39, 0.29) is 0 Å². The van der Waals surface area contributed by atoms with E-state index in [0.29, 0.717) is 6.04 Å². The summed E-state index contributed by atoms with van der Waals surface area (Å²) in [6.45, 7) is 3.23. The first-order valence-corrected chi connectivity index (χ1v) is 7.89. The number of imidazole rings is 1. The summed E-state index contributed by atoms with van der Waals surface area (Å²) in [6, 6.07) is 0.698. The summed E-state index contributed by atoms with van der Waals surface area (Å²) in [5.41, 5.74) is 1.17. The van der Waals surface area contributed by atoms with Gasteiger partial charge in [-0.1, -0.05) is 26.2 Å². The number of hydrogen-bond donors (Lipinski definition) is 1. The van der Waals surface area contributed by atoms with Crippen molar-refractivity contribution >= 4 is 16.3 Å². The van der Waals surface area contributed by atoms with Crippen LogP contribution in [0, 0.1) is 5.92 Å². The average Bonchev–Trinajstić information content (AvgIpc) is 2.97. The summed E-state index contributed by atoms with van der Waals surface area (Å²) in [4.78, 5) is 5.73. The monoisotopic (exact) mass is 263 g/mol. The maximum atomic E-state index is 4.63. The quantitative estimate of drug-likeness (QED) is 0.915. The van der Waals surface area contributed by atoms with Gasteiger partial charge in [0.25, 0.3) is 0 Å². The molecule has 3 nitrogen and oxygen atoms in total. The lowest BCUT2D eigenvalue weighted by Crippen LogP contribution is -2.37. The molecular formula is C14H21N3S. The van der Waals surface area contributed by atoms with Gasteiger partial charge in [-0.05, 0) is 18.8 Å². The molecule has 2 heterocycles. The Morgan fingerprint density at radius 1 is 1.44 bits per heavy atom. The maximum absolute atomic E-state index is 4.63. The number of aromatic nitrogens is 2. The lowest BCUT2D eigenvalue weighted by molar-refractivity contribution is 0.254. The van der Waals surface area contributed by atoms with Crippen LogP contribution in [0.2, 0.25) is 0 Å². The van der Waals surface area contributed by atoms with E-state index in [0.717, 1.165) is 17.4 Å². The van der Waals surface area contributed by atoms with Crippen LogP contribution in [0.5, 0.6) is 0 Å². The van der Waals surface area contributed by atoms with Crippen LogP contribution >= 0.6 is 11.3 Å². The van der Waals surface area contributed by atoms with Crippen molar-refractivity contribution in [1.29, 1.82) is 0 Å². The van der Waals surface area contributed by atoms with E-state index in [1.165, 1.54) is 37.8 Å². The molecule has 2 atom stereocenters. The molecule has 3 rings (SSSR count). The Kier molecular flexibility index (Phi) is 3.66. The predicted octanol–water partition coefficient (Wildman–Crippen LogP) is 3.45. The zero-order valence-corrected chi connectivity index (χ0v) is 11.7. The third-order valence-corrected chi connectivity index (χ3v) is 4.89. The SMILES string of the molecule is CCC1CCCCC1NCc1cn2ccsc2n1. The fraction of sp³-hybridized carbons (Fsp3) is 0.643. The van der Waals surface area contributed by atoms with E-state index >= 15 is 0 Å². The minimum absolute atomic E-state index is 0.698. The highest BCUT2D eigenvalue weighted by molar-refractivity contribution is 7.15. The van der Waals surface area contributed by atoms with Crippen molar-refractivity contribution < 1.29 is 0 Å². The molecule has 1 fully saturated rings. The number of nitrogens with one attached hydrogen (secondary N) is 1. The molecule has 0 aliphatic heterocycles. The second kappa shape index (κ2) is 5.41. The molecule has 0 radical (unpaired) electrons. The van der Waals surface area contributed by atoms with Gasteiger partial charge in [0.2, 0.25) is 0 Å². The summed E-state index contributed by atoms with van der Waals surface area (Å²) in [6.07, 6.45) is 11.0. The molecule has 1 N–H and O–H groups in total. The van der Waals surface area contributed by atoms with Gasteiger partial charge in [0.05, 0.1) is 5.69 Å². The number of hydrogen-bond acceptors (Lipinski definition) is 3. The molecule has 1 aliphatic carbocycles. The second-order valence-electron chi connectivity index (χ2n) is 5.27. The van der Waals surface area contributed by atoms with Crippen molar-refractivity contribution in [2.75, 3.05) is 0 Å². The Morgan fingerprint density at radius 2 is 2.33 bits per heavy atom. The molecule has 1 saturated carbocycles. The molecule has 0 saturated heterocycles. The number of rotatable bonds is 4. The largest absolute Gasteiger partial charge is 0.308 e. The van der Waals surface area contributed by atoms with Crippen LogP contribution in [-0.4, -0.2) is 15.4 Å². The van der Waals surface area contributed by atoms with Crippen molar-refractivity contribution in [3.63, 3.8) is 0 Å². The molecule has 4 heteroatoms. The van der Waals surface area contributed by atoms with Crippen molar-refractivity contribution in [3.8, 4) is 0 Å². The summed E-state index contributed by atoms with van der Waals surface area (Å²) >= 11 is 1.70. The van der Waals surface area contributed by atoms with E-state index in [4.69, 9.17) is 0 Å². The molecule has 0 bridgehead atoms. The van der Waals surface area contributed by atoms with Gasteiger partial charge in [0.15, 0.2) is 4.96 Å². The molecule has 1 aliphatic rings. The first-order valence-electron chi connectivity index (χ1n) is 7.01. The lowest BCUT2D eigenvalue weighted by Gasteiger charge is -2.31. The molecule has 98 valence electrons. The number of fused-ring (bicyclic) bond motifs is 1. The van der Waals surface area contributed by atoms with Crippen molar-refractivity contribution in [2.45, 2.75) is 51.6 Å². The second-order valence-corrected chi connectivity index (χ2v) is 6.14. The predicted molar refractivity (Wildman–Crippen MR) is 75.9 cm³/mol. The standard InChI is InChI=1S/C14H21N3S/c1-2-11-5-3-4-6-13(11)15-9-12-10-17-7-8-18-14(17)16-12/h7-8,10-11,13,15H,2-6,9H2,1H3. The first-order chi connectivity index (χ1) is 8.86. The topological polar surface area (TPSA) is 29.3 Å². The summed E-state index contributed by atoms with van der Waals surface area (Å²) < 4.78 is 2.11. The Labute approximate surface area is 112 Å². The Hall–Kier alpha value is -0.870. The zero-order valence-electron chi connectivity index (χ0n) is 10.9. The fourth-order valence-corrected chi connectivity index (χ4v) is 3.78. The minimum atomic E-state index is 0.698. The molecule has 2 aromatic heterocycles. The summed E-state index contributed by atoms with van der Waals surface area (Å²) in [5, 5.41) is 5.80. The fourth-order valence-electron chi connectivity index (χ4n) is 3.06. The molecule has 18 heavy (non-hydrogen) atoms. The Balaban J connectivity index is 1.61. The van der Waals surface area contributed by atoms with Crippen molar-refractivity contribution in [3.05, 3.63) is 23.5 Å². The van der Waals surface area contributed by atoms with Gasteiger partial charge in [-0.2, -0.15) is 0 Å². The molecule has 0 amide bonds. The van der Waals surface area contributed by atoms with Gasteiger partial charge in [0, 0.05) is 30.4 Å². The Morgan fingerprint density at radius 3 is 3.17 bits per heavy atom. The van der Waals surface area contributed by atoms with E-state index in [1.807, 2.05) is 0 Å². The average molecular weight is 263 g/mol. The van der Waals surface area contributed by atoms with Crippen LogP contribution < -0.4 is 5.32 Å². The molecule has 0 spiro atoms.